The molecular weight excluding hydrogens is 496 g/mol. The van der Waals surface area contributed by atoms with Crippen molar-refractivity contribution in [3.8, 4) is 17.1 Å². The van der Waals surface area contributed by atoms with Crippen LogP contribution in [0.4, 0.5) is 5.00 Å². The Morgan fingerprint density at radius 2 is 1.94 bits per heavy atom. The normalized spacial score (nSPS) is 12.6. The van der Waals surface area contributed by atoms with Crippen LogP contribution >= 0.6 is 23.1 Å². The summed E-state index contributed by atoms with van der Waals surface area (Å²) in [5, 5.41) is 12.9. The Morgan fingerprint density at radius 3 is 2.64 bits per heavy atom. The highest BCUT2D eigenvalue weighted by molar-refractivity contribution is 7.99. The molecule has 0 saturated carbocycles. The van der Waals surface area contributed by atoms with E-state index in [1.165, 1.54) is 23.1 Å². The topological polar surface area (TPSA) is 95.3 Å². The van der Waals surface area contributed by atoms with Gasteiger partial charge in [0.25, 0.3) is 0 Å². The second-order valence-corrected chi connectivity index (χ2v) is 10.9. The largest absolute Gasteiger partial charge is 0.493 e. The summed E-state index contributed by atoms with van der Waals surface area (Å²) in [7, 11) is 0. The number of fused-ring (bicyclic) bond motifs is 1. The van der Waals surface area contributed by atoms with Gasteiger partial charge in [-0.15, -0.1) is 21.5 Å². The molecule has 192 valence electrons. The first-order valence-electron chi connectivity index (χ1n) is 12.3. The number of esters is 1. The highest BCUT2D eigenvalue weighted by Gasteiger charge is 2.28. The number of nitrogens with one attached hydrogen (secondary N) is 1. The lowest BCUT2D eigenvalue weighted by molar-refractivity contribution is -0.113. The lowest BCUT2D eigenvalue weighted by Crippen LogP contribution is -2.17. The van der Waals surface area contributed by atoms with Crippen molar-refractivity contribution in [2.24, 2.45) is 5.92 Å². The number of benzene rings is 1. The number of carbonyl (C=O) groups is 2. The number of hydrogen-bond acceptors (Lipinski definition) is 8. The first-order chi connectivity index (χ1) is 17.4. The van der Waals surface area contributed by atoms with Crippen molar-refractivity contribution in [2.75, 3.05) is 24.3 Å². The molecule has 0 fully saturated rings. The summed E-state index contributed by atoms with van der Waals surface area (Å²) in [5.41, 5.74) is 2.48. The van der Waals surface area contributed by atoms with Gasteiger partial charge in [-0.1, -0.05) is 25.6 Å². The summed E-state index contributed by atoms with van der Waals surface area (Å²) in [6.45, 7) is 9.68. The van der Waals surface area contributed by atoms with Gasteiger partial charge in [0.2, 0.25) is 5.91 Å². The van der Waals surface area contributed by atoms with Crippen molar-refractivity contribution >= 4 is 40.0 Å². The van der Waals surface area contributed by atoms with Crippen LogP contribution in [0.3, 0.4) is 0 Å². The minimum absolute atomic E-state index is 0.158. The molecule has 8 nitrogen and oxygen atoms in total. The monoisotopic (exact) mass is 528 g/mol. The van der Waals surface area contributed by atoms with Crippen LogP contribution in [0.1, 0.15) is 54.9 Å². The van der Waals surface area contributed by atoms with Crippen LogP contribution in [0, 0.1) is 5.92 Å². The SMILES string of the molecule is CCOC(=O)c1c(NC(=O)CSc2nnc(-c3ccc(OCC(C)C)cc3)n2CC)sc2c1CCC2. The van der Waals surface area contributed by atoms with E-state index in [1.807, 2.05) is 35.8 Å². The molecule has 0 radical (unpaired) electrons. The van der Waals surface area contributed by atoms with E-state index in [2.05, 4.69) is 29.4 Å². The van der Waals surface area contributed by atoms with Gasteiger partial charge in [0, 0.05) is 17.0 Å². The number of carbonyl (C=O) groups excluding carboxylic acids is 2. The predicted molar refractivity (Wildman–Crippen MR) is 143 cm³/mol. The van der Waals surface area contributed by atoms with Crippen LogP contribution in [0.5, 0.6) is 5.75 Å². The average molecular weight is 529 g/mol. The van der Waals surface area contributed by atoms with Crippen LogP contribution in [-0.2, 0) is 28.9 Å². The van der Waals surface area contributed by atoms with Gasteiger partial charge in [0.1, 0.15) is 10.8 Å². The Kier molecular flexibility index (Phi) is 8.68. The summed E-state index contributed by atoms with van der Waals surface area (Å²) in [6, 6.07) is 7.82. The van der Waals surface area contributed by atoms with E-state index < -0.39 is 0 Å². The zero-order valence-corrected chi connectivity index (χ0v) is 22.8. The zero-order chi connectivity index (χ0) is 25.7. The van der Waals surface area contributed by atoms with Crippen molar-refractivity contribution < 1.29 is 19.1 Å². The average Bonchev–Trinajstić information content (AvgIpc) is 3.56. The zero-order valence-electron chi connectivity index (χ0n) is 21.1. The number of nitrogens with zero attached hydrogens (tertiary/aromatic N) is 3. The molecule has 36 heavy (non-hydrogen) atoms. The van der Waals surface area contributed by atoms with Gasteiger partial charge in [-0.3, -0.25) is 4.79 Å². The number of thiophene rings is 1. The lowest BCUT2D eigenvalue weighted by Gasteiger charge is -2.10. The van der Waals surface area contributed by atoms with Crippen LogP contribution in [0.15, 0.2) is 29.4 Å². The number of anilines is 1. The number of ether oxygens (including phenoxy) is 2. The number of thioether (sulfide) groups is 1. The molecule has 0 bridgehead atoms. The molecular formula is C26H32N4O4S2. The highest BCUT2D eigenvalue weighted by Crippen LogP contribution is 2.39. The third-order valence-corrected chi connectivity index (χ3v) is 7.89. The molecule has 3 aromatic rings. The number of amides is 1. The first kappa shape index (κ1) is 26.2. The van der Waals surface area contributed by atoms with E-state index in [9.17, 15) is 9.59 Å². The van der Waals surface area contributed by atoms with Crippen LogP contribution in [-0.4, -0.2) is 45.6 Å². The molecule has 10 heteroatoms. The Bertz CT molecular complexity index is 1220. The maximum atomic E-state index is 12.8. The third kappa shape index (κ3) is 5.92. The van der Waals surface area contributed by atoms with Gasteiger partial charge < -0.3 is 19.4 Å². The van der Waals surface area contributed by atoms with Gasteiger partial charge in [-0.2, -0.15) is 0 Å². The van der Waals surface area contributed by atoms with E-state index in [-0.39, 0.29) is 17.6 Å². The van der Waals surface area contributed by atoms with E-state index >= 15 is 0 Å². The van der Waals surface area contributed by atoms with Crippen LogP contribution < -0.4 is 10.1 Å². The standard InChI is InChI=1S/C26H32N4O4S2/c1-5-30-23(17-10-12-18(13-11-17)34-14-16(3)4)28-29-26(30)35-15-21(31)27-24-22(25(32)33-6-2)19-8-7-9-20(19)36-24/h10-13,16H,5-9,14-15H2,1-4H3,(H,27,31). The minimum Gasteiger partial charge on any atom is -0.493 e. The van der Waals surface area contributed by atoms with E-state index in [1.54, 1.807) is 6.92 Å². The fourth-order valence-electron chi connectivity index (χ4n) is 4.06. The number of rotatable bonds is 11. The maximum Gasteiger partial charge on any atom is 0.341 e. The number of aryl methyl sites for hydroxylation is 1. The molecule has 0 unspecified atom stereocenters. The Hall–Kier alpha value is -2.85. The first-order valence-corrected chi connectivity index (χ1v) is 14.1. The fraction of sp³-hybridized carbons (Fsp3) is 0.462. The molecule has 1 amide bonds. The van der Waals surface area contributed by atoms with Crippen molar-refractivity contribution in [1.82, 2.24) is 14.8 Å². The summed E-state index contributed by atoms with van der Waals surface area (Å²) in [6.07, 6.45) is 2.81. The van der Waals surface area contributed by atoms with Gasteiger partial charge in [0.15, 0.2) is 11.0 Å². The Balaban J connectivity index is 1.42. The summed E-state index contributed by atoms with van der Waals surface area (Å²) < 4.78 is 13.0. The lowest BCUT2D eigenvalue weighted by atomic mass is 10.1. The maximum absolute atomic E-state index is 12.8. The number of hydrogen-bond donors (Lipinski definition) is 1. The van der Waals surface area contributed by atoms with Crippen molar-refractivity contribution in [3.05, 3.63) is 40.3 Å². The third-order valence-electron chi connectivity index (χ3n) is 5.72. The molecule has 1 N–H and O–H groups in total. The van der Waals surface area contributed by atoms with Crippen LogP contribution in [0.25, 0.3) is 11.4 Å². The molecule has 2 aromatic heterocycles. The highest BCUT2D eigenvalue weighted by atomic mass is 32.2. The number of aromatic nitrogens is 3. The predicted octanol–water partition coefficient (Wildman–Crippen LogP) is 5.46. The second-order valence-electron chi connectivity index (χ2n) is 8.90. The smallest absolute Gasteiger partial charge is 0.341 e. The van der Waals surface area contributed by atoms with Gasteiger partial charge >= 0.3 is 5.97 Å². The van der Waals surface area contributed by atoms with Gasteiger partial charge in [0.05, 0.1) is 24.5 Å². The van der Waals surface area contributed by atoms with Gasteiger partial charge in [-0.25, -0.2) is 4.79 Å². The van der Waals surface area contributed by atoms with E-state index in [0.29, 0.717) is 41.4 Å². The van der Waals surface area contributed by atoms with Crippen LogP contribution in [0.2, 0.25) is 0 Å². The molecule has 0 aliphatic heterocycles. The van der Waals surface area contributed by atoms with Gasteiger partial charge in [-0.05, 0) is 68.9 Å². The molecule has 1 aromatic carbocycles. The molecule has 1 aliphatic rings. The molecule has 2 heterocycles. The van der Waals surface area contributed by atoms with E-state index in [0.717, 1.165) is 46.8 Å². The summed E-state index contributed by atoms with van der Waals surface area (Å²) in [5.74, 6) is 1.63. The van der Waals surface area contributed by atoms with Crippen molar-refractivity contribution in [3.63, 3.8) is 0 Å². The van der Waals surface area contributed by atoms with E-state index in [4.69, 9.17) is 9.47 Å². The summed E-state index contributed by atoms with van der Waals surface area (Å²) in [4.78, 5) is 26.5. The Labute approximate surface area is 219 Å². The second kappa shape index (κ2) is 11.9. The molecule has 0 atom stereocenters. The quantitative estimate of drug-likeness (QED) is 0.261. The minimum atomic E-state index is -0.365. The molecule has 0 saturated heterocycles. The fourth-order valence-corrected chi connectivity index (χ4v) is 6.16. The molecule has 1 aliphatic carbocycles. The summed E-state index contributed by atoms with van der Waals surface area (Å²) >= 11 is 2.81. The molecule has 0 spiro atoms. The molecule has 4 rings (SSSR count). The van der Waals surface area contributed by atoms with Crippen molar-refractivity contribution in [1.29, 1.82) is 0 Å². The van der Waals surface area contributed by atoms with Crippen molar-refractivity contribution in [2.45, 2.75) is 58.7 Å². The Morgan fingerprint density at radius 1 is 1.17 bits per heavy atom.